The van der Waals surface area contributed by atoms with E-state index in [-0.39, 0.29) is 17.7 Å². The molecule has 0 spiro atoms. The second kappa shape index (κ2) is 4.75. The third-order valence-electron chi connectivity index (χ3n) is 1.97. The average Bonchev–Trinajstić information content (AvgIpc) is 2.94. The standard InChI is InChI=1S/C8H16N2O3S/c1-2-5-9-8(11)6-10-14(12,13)7-3-4-7/h7,10H,2-6H2,1H3,(H,9,11). The predicted octanol–water partition coefficient (Wildman–Crippen LogP) is -0.406. The van der Waals surface area contributed by atoms with E-state index in [0.717, 1.165) is 6.42 Å². The molecule has 2 N–H and O–H groups in total. The summed E-state index contributed by atoms with van der Waals surface area (Å²) in [5.41, 5.74) is 0. The fourth-order valence-corrected chi connectivity index (χ4v) is 2.31. The van der Waals surface area contributed by atoms with E-state index >= 15 is 0 Å². The molecule has 1 aliphatic carbocycles. The summed E-state index contributed by atoms with van der Waals surface area (Å²) in [6.45, 7) is 2.39. The Labute approximate surface area is 84.3 Å². The molecule has 0 bridgehead atoms. The Kier molecular flexibility index (Phi) is 3.88. The maximum atomic E-state index is 11.3. The fraction of sp³-hybridized carbons (Fsp3) is 0.875. The largest absolute Gasteiger partial charge is 0.355 e. The van der Waals surface area contributed by atoms with Gasteiger partial charge in [-0.2, -0.15) is 0 Å². The van der Waals surface area contributed by atoms with Gasteiger partial charge in [-0.1, -0.05) is 6.92 Å². The Morgan fingerprint density at radius 3 is 2.57 bits per heavy atom. The molecule has 0 aliphatic heterocycles. The fourth-order valence-electron chi connectivity index (χ4n) is 0.989. The molecule has 1 fully saturated rings. The summed E-state index contributed by atoms with van der Waals surface area (Å²) in [6, 6.07) is 0. The first-order valence-corrected chi connectivity index (χ1v) is 6.36. The molecule has 0 heterocycles. The van der Waals surface area contributed by atoms with Crippen molar-refractivity contribution in [2.24, 2.45) is 0 Å². The number of rotatable bonds is 6. The van der Waals surface area contributed by atoms with Crippen LogP contribution < -0.4 is 10.0 Å². The van der Waals surface area contributed by atoms with Gasteiger partial charge in [0.1, 0.15) is 0 Å². The summed E-state index contributed by atoms with van der Waals surface area (Å²) in [4.78, 5) is 11.1. The zero-order valence-corrected chi connectivity index (χ0v) is 9.06. The van der Waals surface area contributed by atoms with Crippen LogP contribution in [0, 0.1) is 0 Å². The van der Waals surface area contributed by atoms with Crippen molar-refractivity contribution in [3.63, 3.8) is 0 Å². The molecule has 0 aromatic heterocycles. The minimum absolute atomic E-state index is 0.140. The first kappa shape index (κ1) is 11.5. The second-order valence-corrected chi connectivity index (χ2v) is 5.46. The number of hydrogen-bond donors (Lipinski definition) is 2. The topological polar surface area (TPSA) is 75.3 Å². The normalized spacial score (nSPS) is 16.6. The van der Waals surface area contributed by atoms with E-state index in [9.17, 15) is 13.2 Å². The first-order chi connectivity index (χ1) is 6.56. The van der Waals surface area contributed by atoms with E-state index in [2.05, 4.69) is 10.0 Å². The molecule has 5 nitrogen and oxygen atoms in total. The van der Waals surface area contributed by atoms with Gasteiger partial charge in [-0.25, -0.2) is 13.1 Å². The summed E-state index contributed by atoms with van der Waals surface area (Å²) in [6.07, 6.45) is 2.28. The van der Waals surface area contributed by atoms with E-state index in [1.54, 1.807) is 0 Å². The smallest absolute Gasteiger partial charge is 0.235 e. The van der Waals surface area contributed by atoms with Gasteiger partial charge in [0.05, 0.1) is 11.8 Å². The molecule has 0 aromatic rings. The van der Waals surface area contributed by atoms with Crippen molar-refractivity contribution in [3.8, 4) is 0 Å². The van der Waals surface area contributed by atoms with Crippen molar-refractivity contribution in [3.05, 3.63) is 0 Å². The summed E-state index contributed by atoms with van der Waals surface area (Å²) in [7, 11) is -3.22. The van der Waals surface area contributed by atoms with Crippen LogP contribution in [0.25, 0.3) is 0 Å². The Morgan fingerprint density at radius 1 is 1.43 bits per heavy atom. The minimum atomic E-state index is -3.22. The summed E-state index contributed by atoms with van der Waals surface area (Å²) in [5, 5.41) is 2.34. The lowest BCUT2D eigenvalue weighted by molar-refractivity contribution is -0.119. The third-order valence-corrected chi connectivity index (χ3v) is 3.87. The predicted molar refractivity (Wildman–Crippen MR) is 53.2 cm³/mol. The molecular weight excluding hydrogens is 204 g/mol. The van der Waals surface area contributed by atoms with Crippen LogP contribution in [0.2, 0.25) is 0 Å². The minimum Gasteiger partial charge on any atom is -0.355 e. The zero-order valence-electron chi connectivity index (χ0n) is 8.25. The molecule has 1 amide bonds. The van der Waals surface area contributed by atoms with Gasteiger partial charge in [0, 0.05) is 6.54 Å². The zero-order chi connectivity index (χ0) is 10.6. The van der Waals surface area contributed by atoms with E-state index in [1.807, 2.05) is 6.92 Å². The molecule has 1 saturated carbocycles. The average molecular weight is 220 g/mol. The van der Waals surface area contributed by atoms with Crippen LogP contribution in [0.4, 0.5) is 0 Å². The molecule has 14 heavy (non-hydrogen) atoms. The Balaban J connectivity index is 2.22. The molecule has 0 aromatic carbocycles. The molecule has 6 heteroatoms. The van der Waals surface area contributed by atoms with Crippen molar-refractivity contribution >= 4 is 15.9 Å². The highest BCUT2D eigenvalue weighted by molar-refractivity contribution is 7.90. The van der Waals surface area contributed by atoms with Gasteiger partial charge in [0.25, 0.3) is 0 Å². The Morgan fingerprint density at radius 2 is 2.07 bits per heavy atom. The van der Waals surface area contributed by atoms with Gasteiger partial charge in [-0.05, 0) is 19.3 Å². The monoisotopic (exact) mass is 220 g/mol. The van der Waals surface area contributed by atoms with E-state index in [1.165, 1.54) is 0 Å². The first-order valence-electron chi connectivity index (χ1n) is 4.81. The lowest BCUT2D eigenvalue weighted by Gasteiger charge is -2.05. The number of amides is 1. The van der Waals surface area contributed by atoms with Crippen LogP contribution in [0.5, 0.6) is 0 Å². The Bertz CT molecular complexity index is 296. The second-order valence-electron chi connectivity index (χ2n) is 3.42. The van der Waals surface area contributed by atoms with Gasteiger partial charge in [0.15, 0.2) is 0 Å². The molecule has 0 atom stereocenters. The third kappa shape index (κ3) is 3.63. The molecule has 82 valence electrons. The van der Waals surface area contributed by atoms with Crippen molar-refractivity contribution in [1.29, 1.82) is 0 Å². The van der Waals surface area contributed by atoms with Gasteiger partial charge in [0.2, 0.25) is 15.9 Å². The quantitative estimate of drug-likeness (QED) is 0.639. The van der Waals surface area contributed by atoms with Crippen LogP contribution in [-0.4, -0.2) is 32.7 Å². The van der Waals surface area contributed by atoms with Crippen LogP contribution in [0.15, 0.2) is 0 Å². The summed E-state index contributed by atoms with van der Waals surface area (Å²) in [5.74, 6) is -0.268. The van der Waals surface area contributed by atoms with Crippen LogP contribution in [0.3, 0.4) is 0 Å². The van der Waals surface area contributed by atoms with Crippen molar-refractivity contribution in [2.45, 2.75) is 31.4 Å². The van der Waals surface area contributed by atoms with E-state index < -0.39 is 10.0 Å². The molecule has 1 aliphatic rings. The van der Waals surface area contributed by atoms with E-state index in [4.69, 9.17) is 0 Å². The number of carbonyl (C=O) groups is 1. The number of carbonyl (C=O) groups excluding carboxylic acids is 1. The molecule has 0 radical (unpaired) electrons. The molecule has 1 rings (SSSR count). The highest BCUT2D eigenvalue weighted by Gasteiger charge is 2.35. The highest BCUT2D eigenvalue weighted by Crippen LogP contribution is 2.27. The van der Waals surface area contributed by atoms with Crippen LogP contribution in [-0.2, 0) is 14.8 Å². The van der Waals surface area contributed by atoms with E-state index in [0.29, 0.717) is 19.4 Å². The molecule has 0 unspecified atom stereocenters. The van der Waals surface area contributed by atoms with Crippen LogP contribution in [0.1, 0.15) is 26.2 Å². The Hall–Kier alpha value is -0.620. The van der Waals surface area contributed by atoms with Crippen molar-refractivity contribution in [2.75, 3.05) is 13.1 Å². The molecule has 0 saturated heterocycles. The van der Waals surface area contributed by atoms with Gasteiger partial charge in [-0.15, -0.1) is 0 Å². The van der Waals surface area contributed by atoms with Crippen LogP contribution >= 0.6 is 0 Å². The molecular formula is C8H16N2O3S. The SMILES string of the molecule is CCCNC(=O)CNS(=O)(=O)C1CC1. The van der Waals surface area contributed by atoms with Crippen molar-refractivity contribution < 1.29 is 13.2 Å². The lowest BCUT2D eigenvalue weighted by Crippen LogP contribution is -2.38. The van der Waals surface area contributed by atoms with Gasteiger partial charge < -0.3 is 5.32 Å². The number of hydrogen-bond acceptors (Lipinski definition) is 3. The highest BCUT2D eigenvalue weighted by atomic mass is 32.2. The van der Waals surface area contributed by atoms with Gasteiger partial charge >= 0.3 is 0 Å². The maximum absolute atomic E-state index is 11.3. The van der Waals surface area contributed by atoms with Crippen molar-refractivity contribution in [1.82, 2.24) is 10.0 Å². The number of nitrogens with one attached hydrogen (secondary N) is 2. The lowest BCUT2D eigenvalue weighted by atomic mass is 10.5. The number of sulfonamides is 1. The maximum Gasteiger partial charge on any atom is 0.235 e. The summed E-state index contributed by atoms with van der Waals surface area (Å²) < 4.78 is 24.8. The van der Waals surface area contributed by atoms with Gasteiger partial charge in [-0.3, -0.25) is 4.79 Å². The summed E-state index contributed by atoms with van der Waals surface area (Å²) >= 11 is 0.